The predicted molar refractivity (Wildman–Crippen MR) is 331 cm³/mol. The van der Waals surface area contributed by atoms with Gasteiger partial charge < -0.3 is 70.0 Å². The number of allylic oxidation sites excluding steroid dienone is 7. The largest absolute Gasteiger partial charge is 0.394 e. The molecule has 14 atom stereocenters. The molecule has 492 valence electrons. The van der Waals surface area contributed by atoms with Gasteiger partial charge >= 0.3 is 0 Å². The number of unbranched alkanes of at least 4 members (excludes halogenated alkanes) is 32. The van der Waals surface area contributed by atoms with Gasteiger partial charge in [0.2, 0.25) is 0 Å². The molecule has 0 aromatic carbocycles. The van der Waals surface area contributed by atoms with Crippen molar-refractivity contribution in [2.45, 2.75) is 331 Å². The molecule has 0 amide bonds. The van der Waals surface area contributed by atoms with Gasteiger partial charge in [-0.2, -0.15) is 0 Å². The lowest BCUT2D eigenvalue weighted by Crippen LogP contribution is -2.59. The number of rotatable bonds is 54. The van der Waals surface area contributed by atoms with E-state index in [-0.39, 0.29) is 31.0 Å². The Kier molecular flexibility index (Phi) is 47.2. The highest BCUT2D eigenvalue weighted by Gasteiger charge is 2.45. The molecule has 0 aliphatic carbocycles. The molecule has 2 heterocycles. The molecule has 84 heavy (non-hydrogen) atoms. The normalized spacial score (nSPS) is 25.1. The summed E-state index contributed by atoms with van der Waals surface area (Å²) in [7, 11) is 0. The summed E-state index contributed by atoms with van der Waals surface area (Å²) in [5.74, 6) is -2.52. The number of hydrogen-bond donors (Lipinski definition) is 10. The number of aliphatic hydroxyl groups is 10. The van der Waals surface area contributed by atoms with E-state index in [0.717, 1.165) is 103 Å². The summed E-state index contributed by atoms with van der Waals surface area (Å²) < 4.78 is 54.0. The number of halogens is 2. The van der Waals surface area contributed by atoms with Gasteiger partial charge in [-0.05, 0) is 50.7 Å². The second kappa shape index (κ2) is 50.8. The molecule has 0 aromatic heterocycles. The minimum atomic E-state index is -1.63. The maximum Gasteiger partial charge on any atom is 0.186 e. The first-order chi connectivity index (χ1) is 40.7. The molecule has 0 radical (unpaired) electrons. The number of hydrogen-bond acceptors (Lipinski definition) is 14. The van der Waals surface area contributed by atoms with Crippen LogP contribution in [0.25, 0.3) is 0 Å². The first kappa shape index (κ1) is 78.1. The van der Waals surface area contributed by atoms with Crippen molar-refractivity contribution in [1.29, 1.82) is 0 Å². The minimum absolute atomic E-state index is 0.183. The van der Waals surface area contributed by atoms with Gasteiger partial charge in [-0.1, -0.05) is 250 Å². The summed E-state index contributed by atoms with van der Waals surface area (Å²) in [6, 6.07) is 0. The molecule has 2 aliphatic rings. The van der Waals surface area contributed by atoms with Crippen LogP contribution >= 0.6 is 0 Å². The fourth-order valence-electron chi connectivity index (χ4n) is 11.3. The highest BCUT2D eigenvalue weighted by atomic mass is 19.1. The molecule has 0 bridgehead atoms. The van der Waals surface area contributed by atoms with E-state index in [0.29, 0.717) is 19.3 Å². The highest BCUT2D eigenvalue weighted by molar-refractivity contribution is 5.37. The van der Waals surface area contributed by atoms with E-state index < -0.39 is 104 Å². The molecule has 0 spiro atoms. The van der Waals surface area contributed by atoms with Crippen molar-refractivity contribution in [3.8, 4) is 0 Å². The van der Waals surface area contributed by atoms with Crippen LogP contribution in [0.4, 0.5) is 8.78 Å². The predicted octanol–water partition coefficient (Wildman–Crippen LogP) is 12.8. The van der Waals surface area contributed by atoms with Gasteiger partial charge in [0.25, 0.3) is 0 Å². The third-order valence-electron chi connectivity index (χ3n) is 17.0. The maximum atomic E-state index is 15.9. The lowest BCUT2D eigenvalue weighted by Gasteiger charge is -2.40. The van der Waals surface area contributed by atoms with Crippen molar-refractivity contribution in [2.24, 2.45) is 11.8 Å². The monoisotopic (exact) mass is 1200 g/mol. The van der Waals surface area contributed by atoms with Crippen LogP contribution in [0.15, 0.2) is 60.3 Å². The Balaban J connectivity index is 1.82. The zero-order valence-electron chi connectivity index (χ0n) is 52.3. The van der Waals surface area contributed by atoms with E-state index in [1.807, 2.05) is 6.08 Å². The van der Waals surface area contributed by atoms with E-state index in [9.17, 15) is 51.1 Å². The Labute approximate surface area is 506 Å². The quantitative estimate of drug-likeness (QED) is 0.0201. The fraction of sp³-hybridized carbons (Fsp3) is 0.853. The summed E-state index contributed by atoms with van der Waals surface area (Å²) in [6.07, 6.45) is 33.5. The van der Waals surface area contributed by atoms with Gasteiger partial charge in [-0.3, -0.25) is 0 Å². The SMILES string of the molecule is C=CC(=C\C=C\CCCCCCCCCC/C(F)=C\[C@@H](COC1OC(CO)C(O)C(O)C1O)[C@H](O)CCCCCCCCCCCCCCC)/C(F)=C\[C@@H](COC1OC(CO)C(O)C(O)C1O)[C@H](O)CCCCCCCCCCCCCCC. The summed E-state index contributed by atoms with van der Waals surface area (Å²) in [6.45, 7) is 6.63. The van der Waals surface area contributed by atoms with Crippen LogP contribution in [0.2, 0.25) is 0 Å². The first-order valence-corrected chi connectivity index (χ1v) is 33.7. The fourth-order valence-corrected chi connectivity index (χ4v) is 11.3. The van der Waals surface area contributed by atoms with Gasteiger partial charge in [0.05, 0.1) is 44.5 Å². The molecule has 10 unspecified atom stereocenters. The van der Waals surface area contributed by atoms with Crippen LogP contribution in [-0.2, 0) is 18.9 Å². The highest BCUT2D eigenvalue weighted by Crippen LogP contribution is 2.29. The number of aliphatic hydroxyl groups excluding tert-OH is 10. The Morgan fingerprint density at radius 1 is 0.464 bits per heavy atom. The van der Waals surface area contributed by atoms with Crippen LogP contribution in [0.5, 0.6) is 0 Å². The van der Waals surface area contributed by atoms with Crippen molar-refractivity contribution < 1.29 is 78.8 Å². The average molecular weight is 1200 g/mol. The van der Waals surface area contributed by atoms with Gasteiger partial charge in [-0.25, -0.2) is 8.78 Å². The Hall–Kier alpha value is -2.00. The zero-order valence-corrected chi connectivity index (χ0v) is 52.3. The molecule has 2 saturated heterocycles. The third-order valence-corrected chi connectivity index (χ3v) is 17.0. The van der Waals surface area contributed by atoms with E-state index in [2.05, 4.69) is 20.4 Å². The Morgan fingerprint density at radius 3 is 1.18 bits per heavy atom. The average Bonchev–Trinajstić information content (AvgIpc) is 3.26. The van der Waals surface area contributed by atoms with Crippen LogP contribution in [-0.4, -0.2) is 151 Å². The molecular formula is C68H122F2O14. The van der Waals surface area contributed by atoms with Gasteiger partial charge in [0.15, 0.2) is 12.6 Å². The zero-order chi connectivity index (χ0) is 61.6. The smallest absolute Gasteiger partial charge is 0.186 e. The maximum absolute atomic E-state index is 15.9. The molecule has 14 nitrogen and oxygen atoms in total. The summed E-state index contributed by atoms with van der Waals surface area (Å²) >= 11 is 0. The molecule has 2 fully saturated rings. The van der Waals surface area contributed by atoms with E-state index in [1.54, 1.807) is 12.2 Å². The van der Waals surface area contributed by atoms with Crippen molar-refractivity contribution in [1.82, 2.24) is 0 Å². The molecule has 0 saturated carbocycles. The summed E-state index contributed by atoms with van der Waals surface area (Å²) in [5, 5.41) is 104. The van der Waals surface area contributed by atoms with Crippen LogP contribution in [0.1, 0.15) is 258 Å². The van der Waals surface area contributed by atoms with Crippen molar-refractivity contribution in [2.75, 3.05) is 26.4 Å². The molecule has 2 rings (SSSR count). The number of ether oxygens (including phenoxy) is 4. The third kappa shape index (κ3) is 34.7. The molecule has 0 aromatic rings. The molecule has 2 aliphatic heterocycles. The van der Waals surface area contributed by atoms with Crippen molar-refractivity contribution in [3.63, 3.8) is 0 Å². The lowest BCUT2D eigenvalue weighted by molar-refractivity contribution is -0.303. The minimum Gasteiger partial charge on any atom is -0.394 e. The standard InChI is InChI=1S/C68H122F2O14/c1-4-7-9-11-13-15-17-19-24-28-32-36-40-44-57(73)53(50-81-67-65(79)63(77)61(75)59(48-71)83-67)46-55(69)43-39-35-31-27-23-21-22-26-30-34-38-42-52(6-3)56(70)47-54(51-82-68-66(80)64(78)62(76)60(49-72)84-68)58(74)45-41-37-33-29-25-20-18-16-14-12-10-8-5-2/h6,34,38,42,46-47,53-54,57-68,71-80H,3-5,7-33,35-37,39-41,43-45,48-51H2,1-2H3/b38-34+,52-42+,55-46+,56-47+/t53-,54-,57+,58+,59?,60?,61?,62?,63?,64?,65?,66?,67?,68?/m0/s1. The molecular weight excluding hydrogens is 1080 g/mol. The van der Waals surface area contributed by atoms with Crippen LogP contribution < -0.4 is 0 Å². The lowest BCUT2D eigenvalue weighted by atomic mass is 9.95. The molecule has 16 heteroatoms. The summed E-state index contributed by atoms with van der Waals surface area (Å²) in [5.41, 5.74) is 0.228. The van der Waals surface area contributed by atoms with Crippen molar-refractivity contribution in [3.05, 3.63) is 60.3 Å². The topological polar surface area (TPSA) is 239 Å². The van der Waals surface area contributed by atoms with Crippen molar-refractivity contribution >= 4 is 0 Å². The second-order valence-electron chi connectivity index (χ2n) is 24.3. The molecule has 10 N–H and O–H groups in total. The summed E-state index contributed by atoms with van der Waals surface area (Å²) in [4.78, 5) is 0. The van der Waals surface area contributed by atoms with E-state index >= 15 is 8.78 Å². The Morgan fingerprint density at radius 2 is 0.810 bits per heavy atom. The van der Waals surface area contributed by atoms with E-state index in [4.69, 9.17) is 18.9 Å². The van der Waals surface area contributed by atoms with Crippen LogP contribution in [0.3, 0.4) is 0 Å². The second-order valence-corrected chi connectivity index (χ2v) is 24.3. The van der Waals surface area contributed by atoms with Crippen LogP contribution in [0, 0.1) is 11.8 Å². The Bertz CT molecular complexity index is 1700. The van der Waals surface area contributed by atoms with E-state index in [1.165, 1.54) is 134 Å². The van der Waals surface area contributed by atoms with Gasteiger partial charge in [0.1, 0.15) is 54.7 Å². The van der Waals surface area contributed by atoms with Gasteiger partial charge in [0, 0.05) is 17.4 Å². The first-order valence-electron chi connectivity index (χ1n) is 33.7. The van der Waals surface area contributed by atoms with Gasteiger partial charge in [-0.15, -0.1) is 0 Å².